The van der Waals surface area contributed by atoms with Crippen LogP contribution in [0.1, 0.15) is 0 Å². The highest BCUT2D eigenvalue weighted by Crippen LogP contribution is 2.34. The molecule has 0 atom stereocenters. The normalized spacial score (nSPS) is 11.5. The molecule has 0 spiro atoms. The van der Waals surface area contributed by atoms with Crippen LogP contribution in [0.15, 0.2) is 182 Å². The first-order valence-corrected chi connectivity index (χ1v) is 17.4. The fourth-order valence-electron chi connectivity index (χ4n) is 7.28. The number of aromatic nitrogens is 4. The molecule has 52 heavy (non-hydrogen) atoms. The van der Waals surface area contributed by atoms with Crippen molar-refractivity contribution in [3.8, 4) is 55.9 Å². The minimum absolute atomic E-state index is 0.916. The van der Waals surface area contributed by atoms with Gasteiger partial charge in [-0.05, 0) is 70.8 Å². The average molecular weight is 663 g/mol. The third kappa shape index (κ3) is 5.34. The molecule has 0 fully saturated rings. The summed E-state index contributed by atoms with van der Waals surface area (Å²) in [7, 11) is 0. The second-order valence-corrected chi connectivity index (χ2v) is 13.1. The van der Waals surface area contributed by atoms with E-state index in [2.05, 4.69) is 168 Å². The van der Waals surface area contributed by atoms with Gasteiger partial charge in [0.05, 0.1) is 33.5 Å². The van der Waals surface area contributed by atoms with E-state index in [1.54, 1.807) is 0 Å². The molecular formula is C48H30N4. The van der Waals surface area contributed by atoms with Crippen molar-refractivity contribution in [1.82, 2.24) is 19.9 Å². The predicted molar refractivity (Wildman–Crippen MR) is 215 cm³/mol. The Morgan fingerprint density at radius 2 is 0.712 bits per heavy atom. The lowest BCUT2D eigenvalue weighted by molar-refractivity contribution is 1.38. The summed E-state index contributed by atoms with van der Waals surface area (Å²) in [6, 6.07) is 59.5. The van der Waals surface area contributed by atoms with Gasteiger partial charge in [0.15, 0.2) is 0 Å². The first-order valence-electron chi connectivity index (χ1n) is 17.4. The van der Waals surface area contributed by atoms with Gasteiger partial charge in [-0.3, -0.25) is 9.97 Å². The third-order valence-electron chi connectivity index (χ3n) is 9.92. The van der Waals surface area contributed by atoms with Crippen LogP contribution in [-0.4, -0.2) is 19.9 Å². The van der Waals surface area contributed by atoms with E-state index < -0.39 is 0 Å². The highest BCUT2D eigenvalue weighted by molar-refractivity contribution is 5.96. The average Bonchev–Trinajstić information content (AvgIpc) is 3.22. The van der Waals surface area contributed by atoms with Crippen molar-refractivity contribution < 1.29 is 0 Å². The van der Waals surface area contributed by atoms with Crippen molar-refractivity contribution in [3.05, 3.63) is 182 Å². The van der Waals surface area contributed by atoms with Crippen molar-refractivity contribution in [3.63, 3.8) is 0 Å². The van der Waals surface area contributed by atoms with Crippen LogP contribution in [0, 0.1) is 0 Å². The Labute approximate surface area is 300 Å². The van der Waals surface area contributed by atoms with Crippen molar-refractivity contribution in [2.24, 2.45) is 0 Å². The molecule has 0 aliphatic rings. The maximum atomic E-state index is 5.17. The van der Waals surface area contributed by atoms with Crippen molar-refractivity contribution >= 4 is 43.6 Å². The van der Waals surface area contributed by atoms with E-state index in [1.807, 2.05) is 24.5 Å². The van der Waals surface area contributed by atoms with Gasteiger partial charge in [0.2, 0.25) is 0 Å². The van der Waals surface area contributed by atoms with E-state index in [1.165, 1.54) is 0 Å². The lowest BCUT2D eigenvalue weighted by Crippen LogP contribution is -1.90. The number of pyridine rings is 4. The lowest BCUT2D eigenvalue weighted by atomic mass is 9.96. The summed E-state index contributed by atoms with van der Waals surface area (Å²) in [5.74, 6) is 0. The van der Waals surface area contributed by atoms with Gasteiger partial charge in [0.1, 0.15) is 0 Å². The van der Waals surface area contributed by atoms with Gasteiger partial charge in [0.25, 0.3) is 0 Å². The minimum atomic E-state index is 0.916. The molecule has 0 saturated carbocycles. The Balaban J connectivity index is 0.991. The van der Waals surface area contributed by atoms with E-state index in [4.69, 9.17) is 9.97 Å². The second kappa shape index (κ2) is 12.4. The van der Waals surface area contributed by atoms with Crippen LogP contribution in [0.4, 0.5) is 0 Å². The largest absolute Gasteiger partial charge is 0.256 e. The van der Waals surface area contributed by atoms with Gasteiger partial charge in [0, 0.05) is 56.2 Å². The molecule has 0 radical (unpaired) electrons. The van der Waals surface area contributed by atoms with E-state index in [0.717, 1.165) is 99.5 Å². The Morgan fingerprint density at radius 1 is 0.288 bits per heavy atom. The molecule has 0 aliphatic heterocycles. The molecule has 10 aromatic rings. The molecule has 6 aromatic carbocycles. The van der Waals surface area contributed by atoms with Crippen LogP contribution >= 0.6 is 0 Å². The highest BCUT2D eigenvalue weighted by Gasteiger charge is 2.11. The molecule has 242 valence electrons. The van der Waals surface area contributed by atoms with Gasteiger partial charge in [-0.1, -0.05) is 121 Å². The zero-order valence-electron chi connectivity index (χ0n) is 28.1. The molecule has 4 aromatic heterocycles. The summed E-state index contributed by atoms with van der Waals surface area (Å²) < 4.78 is 0. The SMILES string of the molecule is c1cc(-c2ccc3ccc(-c4ccc5ccc(-c6cccc(-c7cccc8cccnc78)c6)nc5c4)nc3c2)cc(-c2cccc3cccnc23)c1. The maximum absolute atomic E-state index is 5.17. The van der Waals surface area contributed by atoms with Crippen molar-refractivity contribution in [1.29, 1.82) is 0 Å². The maximum Gasteiger partial charge on any atom is 0.0780 e. The molecule has 4 nitrogen and oxygen atoms in total. The Hall–Kier alpha value is -7.04. The van der Waals surface area contributed by atoms with E-state index in [-0.39, 0.29) is 0 Å². The number of para-hydroxylation sites is 2. The fourth-order valence-corrected chi connectivity index (χ4v) is 7.28. The van der Waals surface area contributed by atoms with E-state index in [9.17, 15) is 0 Å². The first kappa shape index (κ1) is 29.8. The number of hydrogen-bond donors (Lipinski definition) is 0. The highest BCUT2D eigenvalue weighted by atomic mass is 14.7. The number of rotatable bonds is 5. The molecule has 0 saturated heterocycles. The zero-order chi connectivity index (χ0) is 34.4. The standard InChI is InChI=1S/C48H30N4/c1-9-35(27-37(10-1)41-15-3-7-33-13-5-25-49-47(33)41)36-19-17-31-22-24-44(52-45(31)29-36)40-20-18-32-21-23-43(51-46(32)30-40)39-12-2-11-38(28-39)42-16-4-8-34-14-6-26-50-48(34)42/h1-30H. The molecule has 0 unspecified atom stereocenters. The summed E-state index contributed by atoms with van der Waals surface area (Å²) in [4.78, 5) is 19.7. The third-order valence-corrected chi connectivity index (χ3v) is 9.92. The predicted octanol–water partition coefficient (Wildman–Crippen LogP) is 12.2. The van der Waals surface area contributed by atoms with Crippen LogP contribution in [0.2, 0.25) is 0 Å². The lowest BCUT2D eigenvalue weighted by Gasteiger charge is -2.10. The Bertz CT molecular complexity index is 2770. The van der Waals surface area contributed by atoms with Crippen LogP contribution in [-0.2, 0) is 0 Å². The van der Waals surface area contributed by atoms with Crippen LogP contribution in [0.25, 0.3) is 99.5 Å². The Morgan fingerprint density at radius 3 is 1.33 bits per heavy atom. The molecule has 0 amide bonds. The second-order valence-electron chi connectivity index (χ2n) is 13.1. The number of nitrogens with zero attached hydrogens (tertiary/aromatic N) is 4. The van der Waals surface area contributed by atoms with Crippen LogP contribution in [0.5, 0.6) is 0 Å². The Kier molecular flexibility index (Phi) is 7.10. The van der Waals surface area contributed by atoms with Gasteiger partial charge in [-0.15, -0.1) is 0 Å². The molecule has 0 aliphatic carbocycles. The fraction of sp³-hybridized carbons (Fsp3) is 0. The van der Waals surface area contributed by atoms with Crippen LogP contribution in [0.3, 0.4) is 0 Å². The number of fused-ring (bicyclic) bond motifs is 4. The summed E-state index contributed by atoms with van der Waals surface area (Å²) >= 11 is 0. The minimum Gasteiger partial charge on any atom is -0.256 e. The van der Waals surface area contributed by atoms with E-state index in [0.29, 0.717) is 0 Å². The number of benzene rings is 6. The number of hydrogen-bond acceptors (Lipinski definition) is 4. The van der Waals surface area contributed by atoms with E-state index >= 15 is 0 Å². The van der Waals surface area contributed by atoms with Gasteiger partial charge in [-0.2, -0.15) is 0 Å². The monoisotopic (exact) mass is 662 g/mol. The summed E-state index contributed by atoms with van der Waals surface area (Å²) in [6.07, 6.45) is 3.71. The van der Waals surface area contributed by atoms with Gasteiger partial charge >= 0.3 is 0 Å². The molecule has 4 heterocycles. The van der Waals surface area contributed by atoms with Gasteiger partial charge in [-0.25, -0.2) is 9.97 Å². The zero-order valence-corrected chi connectivity index (χ0v) is 28.1. The molecule has 4 heteroatoms. The first-order chi connectivity index (χ1) is 25.7. The summed E-state index contributed by atoms with van der Waals surface area (Å²) in [5.41, 5.74) is 14.6. The summed E-state index contributed by atoms with van der Waals surface area (Å²) in [6.45, 7) is 0. The topological polar surface area (TPSA) is 51.6 Å². The van der Waals surface area contributed by atoms with Crippen molar-refractivity contribution in [2.45, 2.75) is 0 Å². The molecule has 0 N–H and O–H groups in total. The summed E-state index contributed by atoms with van der Waals surface area (Å²) in [5, 5.41) is 4.46. The molecular weight excluding hydrogens is 633 g/mol. The molecule has 10 rings (SSSR count). The molecule has 0 bridgehead atoms. The van der Waals surface area contributed by atoms with Crippen molar-refractivity contribution in [2.75, 3.05) is 0 Å². The smallest absolute Gasteiger partial charge is 0.0780 e. The van der Waals surface area contributed by atoms with Gasteiger partial charge < -0.3 is 0 Å². The quantitative estimate of drug-likeness (QED) is 0.184. The van der Waals surface area contributed by atoms with Crippen LogP contribution < -0.4 is 0 Å².